The molecule has 2 N–H and O–H groups in total. The van der Waals surface area contributed by atoms with Crippen molar-refractivity contribution in [1.29, 1.82) is 0 Å². The van der Waals surface area contributed by atoms with E-state index in [2.05, 4.69) is 0 Å². The Morgan fingerprint density at radius 3 is 2.19 bits per heavy atom. The van der Waals surface area contributed by atoms with Crippen LogP contribution in [0.15, 0.2) is 12.1 Å². The number of benzene rings is 1. The average molecular weight is 383 g/mol. The first-order valence-corrected chi connectivity index (χ1v) is 10.1. The Hall–Kier alpha value is -1.84. The molecule has 8 nitrogen and oxygen atoms in total. The van der Waals surface area contributed by atoms with Crippen LogP contribution >= 0.6 is 0 Å². The van der Waals surface area contributed by atoms with Gasteiger partial charge in [0.2, 0.25) is 5.91 Å². The number of carbonyl (C=O) groups is 1. The topological polar surface area (TPSA) is 102 Å². The van der Waals surface area contributed by atoms with Gasteiger partial charge in [0.15, 0.2) is 11.5 Å². The van der Waals surface area contributed by atoms with Gasteiger partial charge < -0.3 is 14.4 Å². The van der Waals surface area contributed by atoms with Crippen LogP contribution in [0.3, 0.4) is 0 Å². The molecule has 2 aliphatic heterocycles. The zero-order chi connectivity index (χ0) is 18.9. The molecule has 26 heavy (non-hydrogen) atoms. The number of carbonyl (C=O) groups excluding carboxylic acids is 1. The van der Waals surface area contributed by atoms with Gasteiger partial charge in [0.1, 0.15) is 0 Å². The molecule has 0 bridgehead atoms. The van der Waals surface area contributed by atoms with Crippen molar-refractivity contribution in [3.63, 3.8) is 0 Å². The summed E-state index contributed by atoms with van der Waals surface area (Å²) in [7, 11) is -0.471. The fraction of sp³-hybridized carbons (Fsp3) is 0.588. The maximum Gasteiger partial charge on any atom is 0.276 e. The number of ether oxygens (including phenoxy) is 2. The standard InChI is InChI=1S/C17H25N3O5S/c1-24-15-9-13-3-6-19(11-14(13)10-16(15)25-2)17(21)12-4-7-20(8-5-12)26(18,22)23/h9-10,12H,3-8,11H2,1-2H3,(H2,18,22,23). The average Bonchev–Trinajstić information content (AvgIpc) is 2.65. The van der Waals surface area contributed by atoms with Crippen LogP contribution in [0.25, 0.3) is 0 Å². The molecule has 1 amide bonds. The molecule has 2 aliphatic rings. The number of nitrogens with zero attached hydrogens (tertiary/aromatic N) is 2. The van der Waals surface area contributed by atoms with Crippen LogP contribution in [0.4, 0.5) is 0 Å². The van der Waals surface area contributed by atoms with Crippen molar-refractivity contribution in [3.8, 4) is 11.5 Å². The molecular weight excluding hydrogens is 358 g/mol. The second-order valence-corrected chi connectivity index (χ2v) is 8.25. The molecule has 1 fully saturated rings. The van der Waals surface area contributed by atoms with Crippen LogP contribution in [0, 0.1) is 5.92 Å². The van der Waals surface area contributed by atoms with Gasteiger partial charge in [-0.05, 0) is 42.5 Å². The lowest BCUT2D eigenvalue weighted by Crippen LogP contribution is -2.47. The highest BCUT2D eigenvalue weighted by Crippen LogP contribution is 2.34. The molecule has 0 spiro atoms. The Balaban J connectivity index is 1.68. The Morgan fingerprint density at radius 2 is 1.65 bits per heavy atom. The predicted molar refractivity (Wildman–Crippen MR) is 96.1 cm³/mol. The highest BCUT2D eigenvalue weighted by molar-refractivity contribution is 7.86. The van der Waals surface area contributed by atoms with E-state index in [0.29, 0.717) is 50.5 Å². The second-order valence-electron chi connectivity index (χ2n) is 6.70. The summed E-state index contributed by atoms with van der Waals surface area (Å²) in [6.07, 6.45) is 1.77. The van der Waals surface area contributed by atoms with Gasteiger partial charge in [-0.15, -0.1) is 0 Å². The van der Waals surface area contributed by atoms with E-state index in [4.69, 9.17) is 14.6 Å². The Labute approximate surface area is 154 Å². The molecule has 0 radical (unpaired) electrons. The summed E-state index contributed by atoms with van der Waals surface area (Å²) < 4.78 is 34.7. The van der Waals surface area contributed by atoms with Crippen LogP contribution in [0.2, 0.25) is 0 Å². The van der Waals surface area contributed by atoms with Crippen molar-refractivity contribution in [2.75, 3.05) is 33.9 Å². The Kier molecular flexibility index (Phi) is 5.40. The summed E-state index contributed by atoms with van der Waals surface area (Å²) in [4.78, 5) is 14.7. The molecule has 2 heterocycles. The predicted octanol–water partition coefficient (Wildman–Crippen LogP) is 0.504. The van der Waals surface area contributed by atoms with E-state index in [0.717, 1.165) is 17.5 Å². The summed E-state index contributed by atoms with van der Waals surface area (Å²) >= 11 is 0. The monoisotopic (exact) mass is 383 g/mol. The van der Waals surface area contributed by atoms with Crippen molar-refractivity contribution in [3.05, 3.63) is 23.3 Å². The van der Waals surface area contributed by atoms with Crippen molar-refractivity contribution in [2.24, 2.45) is 11.1 Å². The van der Waals surface area contributed by atoms with Gasteiger partial charge >= 0.3 is 0 Å². The molecule has 0 unspecified atom stereocenters. The number of nitrogens with two attached hydrogens (primary N) is 1. The molecule has 3 rings (SSSR count). The van der Waals surface area contributed by atoms with Crippen molar-refractivity contribution in [1.82, 2.24) is 9.21 Å². The van der Waals surface area contributed by atoms with E-state index >= 15 is 0 Å². The molecule has 1 saturated heterocycles. The van der Waals surface area contributed by atoms with Crippen LogP contribution in [-0.4, -0.2) is 57.4 Å². The lowest BCUT2D eigenvalue weighted by molar-refractivity contribution is -0.137. The number of rotatable bonds is 4. The third-order valence-electron chi connectivity index (χ3n) is 5.19. The number of piperidine rings is 1. The van der Waals surface area contributed by atoms with Gasteiger partial charge in [-0.1, -0.05) is 0 Å². The number of amides is 1. The highest BCUT2D eigenvalue weighted by Gasteiger charge is 2.33. The minimum absolute atomic E-state index is 0.0829. The minimum Gasteiger partial charge on any atom is -0.493 e. The maximum atomic E-state index is 12.9. The first kappa shape index (κ1) is 18.9. The number of hydrogen-bond acceptors (Lipinski definition) is 5. The summed E-state index contributed by atoms with van der Waals surface area (Å²) in [6.45, 7) is 1.77. The summed E-state index contributed by atoms with van der Waals surface area (Å²) in [5.74, 6) is 1.28. The smallest absolute Gasteiger partial charge is 0.276 e. The van der Waals surface area contributed by atoms with E-state index in [-0.39, 0.29) is 11.8 Å². The molecule has 1 aromatic carbocycles. The minimum atomic E-state index is -3.67. The van der Waals surface area contributed by atoms with Crippen LogP contribution in [0.1, 0.15) is 24.0 Å². The molecule has 144 valence electrons. The van der Waals surface area contributed by atoms with E-state index in [9.17, 15) is 13.2 Å². The van der Waals surface area contributed by atoms with Crippen LogP contribution in [-0.2, 0) is 28.0 Å². The fourth-order valence-corrected chi connectivity index (χ4v) is 4.41. The quantitative estimate of drug-likeness (QED) is 0.816. The van der Waals surface area contributed by atoms with Gasteiger partial charge in [0.05, 0.1) is 14.2 Å². The van der Waals surface area contributed by atoms with E-state index in [1.807, 2.05) is 17.0 Å². The van der Waals surface area contributed by atoms with E-state index in [1.54, 1.807) is 14.2 Å². The molecular formula is C17H25N3O5S. The van der Waals surface area contributed by atoms with Gasteiger partial charge in [-0.25, -0.2) is 5.14 Å². The molecule has 0 atom stereocenters. The van der Waals surface area contributed by atoms with Crippen molar-refractivity contribution >= 4 is 16.1 Å². The van der Waals surface area contributed by atoms with E-state index < -0.39 is 10.2 Å². The lowest BCUT2D eigenvalue weighted by Gasteiger charge is -2.35. The fourth-order valence-electron chi connectivity index (χ4n) is 3.69. The molecule has 0 aromatic heterocycles. The summed E-state index contributed by atoms with van der Waals surface area (Å²) in [5.41, 5.74) is 2.22. The Bertz CT molecular complexity index is 788. The lowest BCUT2D eigenvalue weighted by atomic mass is 9.93. The number of hydrogen-bond donors (Lipinski definition) is 1. The molecule has 1 aromatic rings. The summed E-state index contributed by atoms with van der Waals surface area (Å²) in [5, 5.41) is 5.16. The van der Waals surface area contributed by atoms with Crippen molar-refractivity contribution < 1.29 is 22.7 Å². The normalized spacial score (nSPS) is 19.1. The molecule has 9 heteroatoms. The zero-order valence-electron chi connectivity index (χ0n) is 15.1. The van der Waals surface area contributed by atoms with Crippen LogP contribution in [0.5, 0.6) is 11.5 Å². The third-order valence-corrected chi connectivity index (χ3v) is 6.28. The van der Waals surface area contributed by atoms with Crippen molar-refractivity contribution in [2.45, 2.75) is 25.8 Å². The highest BCUT2D eigenvalue weighted by atomic mass is 32.2. The van der Waals surface area contributed by atoms with Crippen LogP contribution < -0.4 is 14.6 Å². The second kappa shape index (κ2) is 7.42. The maximum absolute atomic E-state index is 12.9. The van der Waals surface area contributed by atoms with Gasteiger partial charge in [0, 0.05) is 32.1 Å². The number of methoxy groups -OCH3 is 2. The SMILES string of the molecule is COc1cc2c(cc1OC)CN(C(=O)C1CCN(S(N)(=O)=O)CC1)CC2. The van der Waals surface area contributed by atoms with Gasteiger partial charge in [0.25, 0.3) is 10.2 Å². The third kappa shape index (κ3) is 3.79. The first-order chi connectivity index (χ1) is 12.3. The largest absolute Gasteiger partial charge is 0.493 e. The Morgan fingerprint density at radius 1 is 1.08 bits per heavy atom. The summed E-state index contributed by atoms with van der Waals surface area (Å²) in [6, 6.07) is 3.90. The number of fused-ring (bicyclic) bond motifs is 1. The molecule has 0 aliphatic carbocycles. The first-order valence-electron chi connectivity index (χ1n) is 8.64. The van der Waals surface area contributed by atoms with Gasteiger partial charge in [-0.2, -0.15) is 12.7 Å². The molecule has 0 saturated carbocycles. The van der Waals surface area contributed by atoms with Gasteiger partial charge in [-0.3, -0.25) is 4.79 Å². The van der Waals surface area contributed by atoms with E-state index in [1.165, 1.54) is 4.31 Å². The zero-order valence-corrected chi connectivity index (χ0v) is 15.9.